The normalized spacial score (nSPS) is 17.3. The zero-order valence-electron chi connectivity index (χ0n) is 12.5. The molecule has 4 heteroatoms. The van der Waals surface area contributed by atoms with Crippen LogP contribution in [0.1, 0.15) is 42.1 Å². The average molecular weight is 286 g/mol. The molecule has 0 aromatic heterocycles. The van der Waals surface area contributed by atoms with Gasteiger partial charge in [-0.25, -0.2) is 0 Å². The van der Waals surface area contributed by atoms with E-state index in [0.717, 1.165) is 37.2 Å². The number of Topliss-reactive ketones (excluding diaryl/α,β-unsaturated/α-hetero) is 1. The summed E-state index contributed by atoms with van der Waals surface area (Å²) in [6, 6.07) is 5.83. The first-order chi connectivity index (χ1) is 10.1. The molecule has 0 radical (unpaired) electrons. The number of anilines is 1. The fraction of sp³-hybridized carbons (Fsp3) is 0.529. The molecule has 4 nitrogen and oxygen atoms in total. The lowest BCUT2D eigenvalue weighted by Crippen LogP contribution is -2.40. The molecule has 1 heterocycles. The summed E-state index contributed by atoms with van der Waals surface area (Å²) >= 11 is 0. The van der Waals surface area contributed by atoms with Crippen LogP contribution in [0.3, 0.4) is 0 Å². The van der Waals surface area contributed by atoms with Crippen LogP contribution in [0, 0.1) is 5.92 Å². The lowest BCUT2D eigenvalue weighted by molar-refractivity contribution is -0.119. The maximum absolute atomic E-state index is 12.0. The van der Waals surface area contributed by atoms with Gasteiger partial charge in [-0.15, -0.1) is 0 Å². The minimum absolute atomic E-state index is 0.0945. The Morgan fingerprint density at radius 2 is 2.14 bits per heavy atom. The van der Waals surface area contributed by atoms with Crippen molar-refractivity contribution < 1.29 is 9.59 Å². The van der Waals surface area contributed by atoms with E-state index in [1.807, 2.05) is 18.2 Å². The number of rotatable bonds is 5. The first-order valence-electron chi connectivity index (χ1n) is 7.79. The van der Waals surface area contributed by atoms with Crippen molar-refractivity contribution in [2.75, 3.05) is 24.5 Å². The zero-order valence-corrected chi connectivity index (χ0v) is 12.5. The predicted molar refractivity (Wildman–Crippen MR) is 82.7 cm³/mol. The second-order valence-corrected chi connectivity index (χ2v) is 6.17. The highest BCUT2D eigenvalue weighted by molar-refractivity contribution is 5.95. The fourth-order valence-electron chi connectivity index (χ4n) is 2.87. The van der Waals surface area contributed by atoms with Gasteiger partial charge in [0.2, 0.25) is 5.91 Å². The second-order valence-electron chi connectivity index (χ2n) is 6.17. The molecule has 0 unspecified atom stereocenters. The number of amides is 1. The third kappa shape index (κ3) is 3.43. The van der Waals surface area contributed by atoms with E-state index in [-0.39, 0.29) is 11.7 Å². The molecule has 1 saturated carbocycles. The van der Waals surface area contributed by atoms with Crippen molar-refractivity contribution in [1.82, 2.24) is 5.32 Å². The molecule has 0 atom stereocenters. The van der Waals surface area contributed by atoms with E-state index in [2.05, 4.69) is 10.2 Å². The molecule has 3 rings (SSSR count). The lowest BCUT2D eigenvalue weighted by atomic mass is 9.98. The smallest absolute Gasteiger partial charge is 0.239 e. The predicted octanol–water partition coefficient (Wildman–Crippen LogP) is 2.17. The molecule has 1 fully saturated rings. The molecule has 1 amide bonds. The van der Waals surface area contributed by atoms with Gasteiger partial charge in [-0.3, -0.25) is 9.59 Å². The number of ketones is 1. The molecule has 0 spiro atoms. The molecular formula is C17H22N2O2. The van der Waals surface area contributed by atoms with Gasteiger partial charge in [0.25, 0.3) is 0 Å². The number of fused-ring (bicyclic) bond motifs is 1. The fourth-order valence-corrected chi connectivity index (χ4v) is 2.87. The van der Waals surface area contributed by atoms with Crippen LogP contribution in [0.25, 0.3) is 0 Å². The van der Waals surface area contributed by atoms with Crippen molar-refractivity contribution >= 4 is 17.4 Å². The van der Waals surface area contributed by atoms with Crippen LogP contribution in [-0.4, -0.2) is 31.3 Å². The summed E-state index contributed by atoms with van der Waals surface area (Å²) in [6.45, 7) is 3.73. The van der Waals surface area contributed by atoms with Gasteiger partial charge < -0.3 is 10.2 Å². The maximum atomic E-state index is 12.0. The third-order valence-electron chi connectivity index (χ3n) is 4.32. The van der Waals surface area contributed by atoms with Gasteiger partial charge in [-0.2, -0.15) is 0 Å². The summed E-state index contributed by atoms with van der Waals surface area (Å²) in [5.74, 6) is 0.906. The molecule has 0 saturated heterocycles. The molecule has 2 aliphatic rings. The Morgan fingerprint density at radius 1 is 1.33 bits per heavy atom. The van der Waals surface area contributed by atoms with Crippen LogP contribution in [0.4, 0.5) is 5.69 Å². The minimum Gasteiger partial charge on any atom is -0.362 e. The summed E-state index contributed by atoms with van der Waals surface area (Å²) in [4.78, 5) is 25.6. The van der Waals surface area contributed by atoms with Crippen LogP contribution in [0.2, 0.25) is 0 Å². The Labute approximate surface area is 125 Å². The van der Waals surface area contributed by atoms with Crippen LogP contribution < -0.4 is 10.2 Å². The number of carbonyl (C=O) groups excluding carboxylic acids is 2. The number of benzene rings is 1. The Bertz CT molecular complexity index is 564. The topological polar surface area (TPSA) is 49.4 Å². The van der Waals surface area contributed by atoms with Crippen LogP contribution >= 0.6 is 0 Å². The summed E-state index contributed by atoms with van der Waals surface area (Å²) in [6.07, 6.45) is 4.52. The van der Waals surface area contributed by atoms with Crippen molar-refractivity contribution in [2.45, 2.75) is 32.6 Å². The Hall–Kier alpha value is -1.84. The standard InChI is InChI=1S/C17H22N2O2/c1-12(20)14-6-7-16-15(9-14)3-2-8-19(16)11-17(21)18-10-13-4-5-13/h6-7,9,13H,2-5,8,10-11H2,1H3,(H,18,21). The molecule has 1 aliphatic carbocycles. The van der Waals surface area contributed by atoms with Crippen molar-refractivity contribution in [3.8, 4) is 0 Å². The maximum Gasteiger partial charge on any atom is 0.239 e. The van der Waals surface area contributed by atoms with E-state index >= 15 is 0 Å². The summed E-state index contributed by atoms with van der Waals surface area (Å²) < 4.78 is 0. The van der Waals surface area contributed by atoms with Crippen molar-refractivity contribution in [3.05, 3.63) is 29.3 Å². The quantitative estimate of drug-likeness (QED) is 0.844. The van der Waals surface area contributed by atoms with Crippen LogP contribution in [0.15, 0.2) is 18.2 Å². The molecule has 21 heavy (non-hydrogen) atoms. The Kier molecular flexibility index (Phi) is 3.95. The first kappa shape index (κ1) is 14.1. The Morgan fingerprint density at radius 3 is 2.86 bits per heavy atom. The number of nitrogens with one attached hydrogen (secondary N) is 1. The third-order valence-corrected chi connectivity index (χ3v) is 4.32. The van der Waals surface area contributed by atoms with Gasteiger partial charge in [0.1, 0.15) is 0 Å². The highest BCUT2D eigenvalue weighted by atomic mass is 16.2. The van der Waals surface area contributed by atoms with Crippen molar-refractivity contribution in [3.63, 3.8) is 0 Å². The van der Waals surface area contributed by atoms with Crippen molar-refractivity contribution in [2.24, 2.45) is 5.92 Å². The van der Waals surface area contributed by atoms with Gasteiger partial charge in [-0.1, -0.05) is 0 Å². The summed E-state index contributed by atoms with van der Waals surface area (Å²) in [5, 5.41) is 3.02. The zero-order chi connectivity index (χ0) is 14.8. The molecule has 0 bridgehead atoms. The molecule has 1 aromatic carbocycles. The van der Waals surface area contributed by atoms with Gasteiger partial charge >= 0.3 is 0 Å². The number of hydrogen-bond acceptors (Lipinski definition) is 3. The van der Waals surface area contributed by atoms with Crippen molar-refractivity contribution in [1.29, 1.82) is 0 Å². The summed E-state index contributed by atoms with van der Waals surface area (Å²) in [5.41, 5.74) is 3.05. The lowest BCUT2D eigenvalue weighted by Gasteiger charge is -2.31. The number of aryl methyl sites for hydroxylation is 1. The number of nitrogens with zero attached hydrogens (tertiary/aromatic N) is 1. The first-order valence-corrected chi connectivity index (χ1v) is 7.79. The molecule has 1 N–H and O–H groups in total. The van der Waals surface area contributed by atoms with E-state index in [0.29, 0.717) is 12.5 Å². The van der Waals surface area contributed by atoms with E-state index in [1.165, 1.54) is 18.4 Å². The van der Waals surface area contributed by atoms with Crippen LogP contribution in [0.5, 0.6) is 0 Å². The second kappa shape index (κ2) is 5.88. The molecule has 1 aromatic rings. The number of carbonyl (C=O) groups is 2. The van der Waals surface area contributed by atoms with E-state index in [1.54, 1.807) is 6.92 Å². The van der Waals surface area contributed by atoms with Crippen LogP contribution in [-0.2, 0) is 11.2 Å². The molecule has 112 valence electrons. The van der Waals surface area contributed by atoms with E-state index < -0.39 is 0 Å². The Balaban J connectivity index is 1.67. The van der Waals surface area contributed by atoms with E-state index in [4.69, 9.17) is 0 Å². The van der Waals surface area contributed by atoms with Gasteiger partial charge in [0.15, 0.2) is 5.78 Å². The highest BCUT2D eigenvalue weighted by Gasteiger charge is 2.23. The molecule has 1 aliphatic heterocycles. The largest absolute Gasteiger partial charge is 0.362 e. The molecular weight excluding hydrogens is 264 g/mol. The van der Waals surface area contributed by atoms with E-state index in [9.17, 15) is 9.59 Å². The van der Waals surface area contributed by atoms with Gasteiger partial charge in [0, 0.05) is 24.3 Å². The minimum atomic E-state index is 0.0945. The van der Waals surface area contributed by atoms with Gasteiger partial charge in [0.05, 0.1) is 6.54 Å². The average Bonchev–Trinajstić information content (AvgIpc) is 3.29. The monoisotopic (exact) mass is 286 g/mol. The summed E-state index contributed by atoms with van der Waals surface area (Å²) in [7, 11) is 0. The SMILES string of the molecule is CC(=O)c1ccc2c(c1)CCCN2CC(=O)NCC1CC1. The number of hydrogen-bond donors (Lipinski definition) is 1. The van der Waals surface area contributed by atoms with Gasteiger partial charge in [-0.05, 0) is 62.3 Å². The highest BCUT2D eigenvalue weighted by Crippen LogP contribution is 2.29.